The van der Waals surface area contributed by atoms with Gasteiger partial charge in [0.25, 0.3) is 5.91 Å². The number of amides is 1. The summed E-state index contributed by atoms with van der Waals surface area (Å²) < 4.78 is 136. The van der Waals surface area contributed by atoms with Gasteiger partial charge in [0, 0.05) is 24.6 Å². The second-order valence-corrected chi connectivity index (χ2v) is 13.6. The molecular weight excluding hydrogens is 628 g/mol. The largest absolute Gasteiger partial charge is 0.435 e. The van der Waals surface area contributed by atoms with Gasteiger partial charge >= 0.3 is 18.0 Å². The summed E-state index contributed by atoms with van der Waals surface area (Å²) in [5.74, 6) is -2.24. The molecule has 3 aromatic rings. The Morgan fingerprint density at radius 1 is 1.02 bits per heavy atom. The SMILES string of the molecule is O=C(c1cnc(Cl)s1)N1CC2CCc3cc(C(F)(C(F)(F)F)C(F)(F)F)ccc3C2(S(=O)(=O)c2ccc(F)cc2)C1. The van der Waals surface area contributed by atoms with Crippen LogP contribution in [-0.4, -0.2) is 49.7 Å². The van der Waals surface area contributed by atoms with E-state index in [1.165, 1.54) is 11.1 Å². The summed E-state index contributed by atoms with van der Waals surface area (Å²) in [4.78, 5) is 18.0. The molecule has 2 aliphatic rings. The van der Waals surface area contributed by atoms with E-state index in [4.69, 9.17) is 11.6 Å². The number of likely N-dealkylation sites (tertiary alicyclic amines) is 1. The van der Waals surface area contributed by atoms with Gasteiger partial charge in [-0.15, -0.1) is 0 Å². The van der Waals surface area contributed by atoms with E-state index in [1.807, 2.05) is 0 Å². The number of halogens is 9. The van der Waals surface area contributed by atoms with Gasteiger partial charge in [0.05, 0.1) is 11.1 Å². The number of benzene rings is 2. The molecule has 2 heterocycles. The van der Waals surface area contributed by atoms with E-state index >= 15 is 0 Å². The molecule has 0 bridgehead atoms. The average molecular weight is 645 g/mol. The third kappa shape index (κ3) is 4.42. The number of carbonyl (C=O) groups is 1. The number of rotatable bonds is 4. The number of alkyl halides is 7. The Kier molecular flexibility index (Phi) is 6.97. The molecule has 1 saturated heterocycles. The highest BCUT2D eigenvalue weighted by Crippen LogP contribution is 2.56. The minimum Gasteiger partial charge on any atom is -0.336 e. The van der Waals surface area contributed by atoms with Crippen molar-refractivity contribution in [1.29, 1.82) is 0 Å². The zero-order valence-electron chi connectivity index (χ0n) is 20.4. The highest BCUT2D eigenvalue weighted by atomic mass is 35.5. The van der Waals surface area contributed by atoms with Crippen molar-refractivity contribution in [3.63, 3.8) is 0 Å². The van der Waals surface area contributed by atoms with Gasteiger partial charge < -0.3 is 4.90 Å². The maximum atomic E-state index is 14.9. The number of aryl methyl sites for hydroxylation is 1. The first-order chi connectivity index (χ1) is 18.9. The van der Waals surface area contributed by atoms with Crippen molar-refractivity contribution in [2.75, 3.05) is 13.1 Å². The van der Waals surface area contributed by atoms with Crippen LogP contribution >= 0.6 is 22.9 Å². The maximum absolute atomic E-state index is 14.9. The fourth-order valence-electron chi connectivity index (χ4n) is 5.70. The standard InChI is InChI=1S/C25H17ClF8N2O3S2/c26-21-35-10-19(40-21)20(37)36-11-15-2-1-13-9-14(23(28,24(29,30)31)25(32,33)34)3-8-18(13)22(15,12-36)41(38,39)17-6-4-16(27)5-7-17/h3-10,15H,1-2,11-12H2. The average Bonchev–Trinajstić information content (AvgIpc) is 3.51. The molecule has 0 N–H and O–H groups in total. The van der Waals surface area contributed by atoms with Crippen LogP contribution in [0.25, 0.3) is 0 Å². The third-order valence-corrected chi connectivity index (χ3v) is 11.2. The molecule has 16 heteroatoms. The van der Waals surface area contributed by atoms with Crippen LogP contribution in [0.4, 0.5) is 35.1 Å². The Labute approximate surface area is 236 Å². The fourth-order valence-corrected chi connectivity index (χ4v) is 8.97. The van der Waals surface area contributed by atoms with Crippen LogP contribution in [0, 0.1) is 11.7 Å². The van der Waals surface area contributed by atoms with Gasteiger partial charge in [-0.25, -0.2) is 22.2 Å². The lowest BCUT2D eigenvalue weighted by molar-refractivity contribution is -0.348. The Morgan fingerprint density at radius 2 is 1.66 bits per heavy atom. The van der Waals surface area contributed by atoms with Crippen molar-refractivity contribution < 1.29 is 48.3 Å². The van der Waals surface area contributed by atoms with E-state index in [-0.39, 0.29) is 50.8 Å². The minimum atomic E-state index is -6.36. The topological polar surface area (TPSA) is 67.3 Å². The Hall–Kier alpha value is -2.78. The van der Waals surface area contributed by atoms with E-state index in [0.29, 0.717) is 6.07 Å². The lowest BCUT2D eigenvalue weighted by Gasteiger charge is -2.40. The molecule has 1 fully saturated rings. The molecule has 0 spiro atoms. The second-order valence-electron chi connectivity index (χ2n) is 9.77. The van der Waals surface area contributed by atoms with Gasteiger partial charge in [0.1, 0.15) is 15.4 Å². The lowest BCUT2D eigenvalue weighted by Crippen LogP contribution is -2.51. The molecule has 2 atom stereocenters. The minimum absolute atomic E-state index is 0.0421. The van der Waals surface area contributed by atoms with Crippen LogP contribution in [0.5, 0.6) is 0 Å². The lowest BCUT2D eigenvalue weighted by atomic mass is 9.75. The highest BCUT2D eigenvalue weighted by molar-refractivity contribution is 7.92. The van der Waals surface area contributed by atoms with Crippen molar-refractivity contribution in [2.24, 2.45) is 5.92 Å². The zero-order valence-corrected chi connectivity index (χ0v) is 22.8. The van der Waals surface area contributed by atoms with Crippen molar-refractivity contribution >= 4 is 38.7 Å². The van der Waals surface area contributed by atoms with Crippen LogP contribution in [0.2, 0.25) is 4.47 Å². The molecule has 2 aromatic carbocycles. The molecule has 5 rings (SSSR count). The smallest absolute Gasteiger partial charge is 0.336 e. The summed E-state index contributed by atoms with van der Waals surface area (Å²) in [6.07, 6.45) is -11.8. The number of hydrogen-bond acceptors (Lipinski definition) is 5. The van der Waals surface area contributed by atoms with Crippen molar-refractivity contribution in [2.45, 2.75) is 40.5 Å². The maximum Gasteiger partial charge on any atom is 0.435 e. The number of hydrogen-bond donors (Lipinski definition) is 0. The molecular formula is C25H17ClF8N2O3S2. The molecule has 1 amide bonds. The van der Waals surface area contributed by atoms with Gasteiger partial charge in [-0.2, -0.15) is 26.3 Å². The molecule has 0 saturated carbocycles. The molecule has 220 valence electrons. The van der Waals surface area contributed by atoms with Gasteiger partial charge in [-0.3, -0.25) is 4.79 Å². The van der Waals surface area contributed by atoms with Gasteiger partial charge in [0.15, 0.2) is 14.3 Å². The predicted octanol–water partition coefficient (Wildman–Crippen LogP) is 6.61. The Bertz CT molecular complexity index is 1610. The molecule has 1 aromatic heterocycles. The number of sulfone groups is 1. The van der Waals surface area contributed by atoms with Crippen molar-refractivity contribution in [1.82, 2.24) is 9.88 Å². The first-order valence-corrected chi connectivity index (χ1v) is 14.5. The van der Waals surface area contributed by atoms with Gasteiger partial charge in [0.2, 0.25) is 0 Å². The van der Waals surface area contributed by atoms with E-state index in [1.54, 1.807) is 0 Å². The van der Waals surface area contributed by atoms with Crippen molar-refractivity contribution in [3.8, 4) is 0 Å². The van der Waals surface area contributed by atoms with E-state index in [2.05, 4.69) is 4.98 Å². The van der Waals surface area contributed by atoms with Crippen molar-refractivity contribution in [3.05, 3.63) is 80.5 Å². The third-order valence-electron chi connectivity index (χ3n) is 7.61. The normalized spacial score (nSPS) is 21.5. The van der Waals surface area contributed by atoms with Gasteiger partial charge in [-0.05, 0) is 48.2 Å². The number of nitrogens with zero attached hydrogens (tertiary/aromatic N) is 2. The molecule has 2 unspecified atom stereocenters. The summed E-state index contributed by atoms with van der Waals surface area (Å²) in [7, 11) is -4.58. The molecule has 0 radical (unpaired) electrons. The van der Waals surface area contributed by atoms with E-state index in [0.717, 1.165) is 41.7 Å². The first kappa shape index (κ1) is 29.7. The summed E-state index contributed by atoms with van der Waals surface area (Å²) in [5, 5.41) is 0. The predicted molar refractivity (Wildman–Crippen MR) is 131 cm³/mol. The summed E-state index contributed by atoms with van der Waals surface area (Å²) in [6, 6.07) is 5.14. The second kappa shape index (κ2) is 9.63. The summed E-state index contributed by atoms with van der Waals surface area (Å²) in [5.41, 5.74) is -7.85. The number of carbonyl (C=O) groups excluding carboxylic acids is 1. The molecule has 1 aliphatic carbocycles. The number of fused-ring (bicyclic) bond motifs is 3. The Morgan fingerprint density at radius 3 is 2.22 bits per heavy atom. The molecule has 5 nitrogen and oxygen atoms in total. The highest BCUT2D eigenvalue weighted by Gasteiger charge is 2.73. The van der Waals surface area contributed by atoms with Crippen LogP contribution in [0.15, 0.2) is 53.6 Å². The monoisotopic (exact) mass is 644 g/mol. The number of aromatic nitrogens is 1. The molecule has 1 aliphatic heterocycles. The van der Waals surface area contributed by atoms with Crippen LogP contribution in [0.3, 0.4) is 0 Å². The van der Waals surface area contributed by atoms with Gasteiger partial charge in [-0.1, -0.05) is 41.1 Å². The summed E-state index contributed by atoms with van der Waals surface area (Å²) in [6.45, 7) is -0.661. The van der Waals surface area contributed by atoms with Crippen LogP contribution in [-0.2, 0) is 26.7 Å². The van der Waals surface area contributed by atoms with Crippen LogP contribution < -0.4 is 0 Å². The number of thiazole rings is 1. The van der Waals surface area contributed by atoms with E-state index in [9.17, 15) is 48.3 Å². The first-order valence-electron chi connectivity index (χ1n) is 11.8. The molecule has 41 heavy (non-hydrogen) atoms. The fraction of sp³-hybridized carbons (Fsp3) is 0.360. The van der Waals surface area contributed by atoms with Crippen LogP contribution in [0.1, 0.15) is 32.8 Å². The zero-order chi connectivity index (χ0) is 30.2. The Balaban J connectivity index is 1.70. The quantitative estimate of drug-likeness (QED) is 0.237. The summed E-state index contributed by atoms with van der Waals surface area (Å²) >= 11 is 6.66. The van der Waals surface area contributed by atoms with E-state index < -0.39 is 62.4 Å².